The van der Waals surface area contributed by atoms with Gasteiger partial charge in [0.2, 0.25) is 0 Å². The zero-order chi connectivity index (χ0) is 17.4. The number of rotatable bonds is 8. The molecule has 0 aromatic heterocycles. The summed E-state index contributed by atoms with van der Waals surface area (Å²) in [6.45, 7) is -0.0529. The van der Waals surface area contributed by atoms with Gasteiger partial charge < -0.3 is 15.2 Å². The highest BCUT2D eigenvalue weighted by atomic mass is 19.1. The van der Waals surface area contributed by atoms with E-state index >= 15 is 0 Å². The summed E-state index contributed by atoms with van der Waals surface area (Å²) in [7, 11) is 1.31. The van der Waals surface area contributed by atoms with Crippen LogP contribution < -0.4 is 5.32 Å². The quantitative estimate of drug-likeness (QED) is 0.730. The Morgan fingerprint density at radius 2 is 1.71 bits per heavy atom. The van der Waals surface area contributed by atoms with Gasteiger partial charge in [-0.3, -0.25) is 4.79 Å². The second kappa shape index (κ2) is 9.15. The average molecular weight is 331 g/mol. The van der Waals surface area contributed by atoms with Crippen molar-refractivity contribution in [2.24, 2.45) is 0 Å². The monoisotopic (exact) mass is 331 g/mol. The molecule has 0 aliphatic carbocycles. The molecule has 0 saturated carbocycles. The first kappa shape index (κ1) is 18.1. The van der Waals surface area contributed by atoms with E-state index in [4.69, 9.17) is 4.74 Å². The van der Waals surface area contributed by atoms with E-state index < -0.39 is 24.3 Å². The summed E-state index contributed by atoms with van der Waals surface area (Å²) in [6, 6.07) is 17.3. The molecular weight excluding hydrogens is 309 g/mol. The summed E-state index contributed by atoms with van der Waals surface area (Å²) in [5.41, 5.74) is 1.36. The maximum Gasteiger partial charge on any atom is 0.323 e. The number of esters is 1. The van der Waals surface area contributed by atoms with Crippen LogP contribution in [-0.2, 0) is 16.0 Å². The van der Waals surface area contributed by atoms with Gasteiger partial charge in [-0.15, -0.1) is 0 Å². The molecular formula is C19H22FNO3. The van der Waals surface area contributed by atoms with E-state index in [9.17, 15) is 14.3 Å². The summed E-state index contributed by atoms with van der Waals surface area (Å²) in [5, 5.41) is 13.0. The summed E-state index contributed by atoms with van der Waals surface area (Å²) < 4.78 is 19.1. The highest BCUT2D eigenvalue weighted by Gasteiger charge is 2.24. The molecule has 2 aromatic carbocycles. The van der Waals surface area contributed by atoms with E-state index in [0.29, 0.717) is 12.0 Å². The van der Waals surface area contributed by atoms with Crippen molar-refractivity contribution in [3.63, 3.8) is 0 Å². The van der Waals surface area contributed by atoms with Gasteiger partial charge in [-0.1, -0.05) is 60.7 Å². The van der Waals surface area contributed by atoms with Gasteiger partial charge in [-0.25, -0.2) is 4.39 Å². The minimum Gasteiger partial charge on any atom is -0.468 e. The van der Waals surface area contributed by atoms with E-state index in [-0.39, 0.29) is 6.54 Å². The van der Waals surface area contributed by atoms with Crippen molar-refractivity contribution in [3.8, 4) is 0 Å². The van der Waals surface area contributed by atoms with Crippen molar-refractivity contribution in [2.75, 3.05) is 13.7 Å². The molecule has 0 spiro atoms. The highest BCUT2D eigenvalue weighted by Crippen LogP contribution is 2.20. The normalized spacial score (nSPS) is 14.6. The smallest absolute Gasteiger partial charge is 0.323 e. The molecule has 0 heterocycles. The molecule has 2 N–H and O–H groups in total. The van der Waals surface area contributed by atoms with Gasteiger partial charge in [-0.05, 0) is 17.5 Å². The van der Waals surface area contributed by atoms with Gasteiger partial charge >= 0.3 is 5.97 Å². The van der Waals surface area contributed by atoms with Crippen molar-refractivity contribution in [1.82, 2.24) is 5.32 Å². The Morgan fingerprint density at radius 1 is 1.12 bits per heavy atom. The van der Waals surface area contributed by atoms with Crippen molar-refractivity contribution in [3.05, 3.63) is 71.8 Å². The van der Waals surface area contributed by atoms with Gasteiger partial charge in [0.1, 0.15) is 12.1 Å². The first-order valence-electron chi connectivity index (χ1n) is 7.84. The lowest BCUT2D eigenvalue weighted by Crippen LogP contribution is -2.44. The number of ether oxygens (including phenoxy) is 1. The first-order chi connectivity index (χ1) is 11.6. The maximum atomic E-state index is 14.3. The second-order valence-electron chi connectivity index (χ2n) is 5.55. The Balaban J connectivity index is 1.95. The topological polar surface area (TPSA) is 58.6 Å². The molecule has 0 aliphatic heterocycles. The maximum absolute atomic E-state index is 14.3. The van der Waals surface area contributed by atoms with Gasteiger partial charge in [0.05, 0.1) is 7.11 Å². The van der Waals surface area contributed by atoms with Crippen molar-refractivity contribution >= 4 is 5.97 Å². The van der Waals surface area contributed by atoms with Crippen molar-refractivity contribution in [1.29, 1.82) is 0 Å². The largest absolute Gasteiger partial charge is 0.468 e. The van der Waals surface area contributed by atoms with E-state index in [0.717, 1.165) is 5.56 Å². The molecule has 3 atom stereocenters. The summed E-state index contributed by atoms with van der Waals surface area (Å²) in [5.74, 6) is -0.443. The van der Waals surface area contributed by atoms with Gasteiger partial charge in [-0.2, -0.15) is 0 Å². The number of aliphatic hydroxyl groups excluding tert-OH is 1. The fourth-order valence-electron chi connectivity index (χ4n) is 2.46. The van der Waals surface area contributed by atoms with Crippen LogP contribution in [0.2, 0.25) is 0 Å². The van der Waals surface area contributed by atoms with Crippen LogP contribution >= 0.6 is 0 Å². The standard InChI is InChI=1S/C19H22FNO3/c1-24-19(23)16(12-14-8-4-2-5-9-14)21-13-17(22)18(20)15-10-6-3-7-11-15/h2-11,16-18,21-22H,12-13H2,1H3/t16-,17-,18+/m0/s1. The third-order valence-corrected chi connectivity index (χ3v) is 3.80. The molecule has 0 bridgehead atoms. The fourth-order valence-corrected chi connectivity index (χ4v) is 2.46. The molecule has 2 aromatic rings. The summed E-state index contributed by atoms with van der Waals surface area (Å²) in [4.78, 5) is 11.9. The molecule has 128 valence electrons. The minimum absolute atomic E-state index is 0.0529. The SMILES string of the molecule is COC(=O)[C@H](Cc1ccccc1)NC[C@H](O)[C@H](F)c1ccccc1. The van der Waals surface area contributed by atoms with E-state index in [1.165, 1.54) is 7.11 Å². The number of carbonyl (C=O) groups excluding carboxylic acids is 1. The van der Waals surface area contributed by atoms with Gasteiger partial charge in [0, 0.05) is 6.54 Å². The predicted molar refractivity (Wildman–Crippen MR) is 90.3 cm³/mol. The van der Waals surface area contributed by atoms with Crippen molar-refractivity contribution in [2.45, 2.75) is 24.7 Å². The molecule has 24 heavy (non-hydrogen) atoms. The number of methoxy groups -OCH3 is 1. The number of halogens is 1. The number of alkyl halides is 1. The number of nitrogens with one attached hydrogen (secondary N) is 1. The van der Waals surface area contributed by atoms with Crippen LogP contribution in [0.25, 0.3) is 0 Å². The molecule has 0 amide bonds. The Bertz CT molecular complexity index is 621. The van der Waals surface area contributed by atoms with E-state index in [1.807, 2.05) is 30.3 Å². The number of benzene rings is 2. The lowest BCUT2D eigenvalue weighted by atomic mass is 10.0. The van der Waals surface area contributed by atoms with Crippen LogP contribution in [0, 0.1) is 0 Å². The van der Waals surface area contributed by atoms with Crippen LogP contribution in [0.3, 0.4) is 0 Å². The first-order valence-corrected chi connectivity index (χ1v) is 7.84. The Morgan fingerprint density at radius 3 is 2.29 bits per heavy atom. The van der Waals surface area contributed by atoms with Gasteiger partial charge in [0.25, 0.3) is 0 Å². The summed E-state index contributed by atoms with van der Waals surface area (Å²) >= 11 is 0. The third kappa shape index (κ3) is 5.15. The molecule has 4 nitrogen and oxygen atoms in total. The zero-order valence-electron chi connectivity index (χ0n) is 13.6. The molecule has 5 heteroatoms. The molecule has 0 radical (unpaired) electrons. The third-order valence-electron chi connectivity index (χ3n) is 3.80. The minimum atomic E-state index is -1.52. The fraction of sp³-hybridized carbons (Fsp3) is 0.316. The second-order valence-corrected chi connectivity index (χ2v) is 5.55. The van der Waals surface area contributed by atoms with E-state index in [1.54, 1.807) is 30.3 Å². The average Bonchev–Trinajstić information content (AvgIpc) is 2.65. The molecule has 2 rings (SSSR count). The zero-order valence-corrected chi connectivity index (χ0v) is 13.6. The molecule has 0 aliphatic rings. The highest BCUT2D eigenvalue weighted by molar-refractivity contribution is 5.76. The van der Waals surface area contributed by atoms with Gasteiger partial charge in [0.15, 0.2) is 6.17 Å². The van der Waals surface area contributed by atoms with Crippen LogP contribution in [0.5, 0.6) is 0 Å². The van der Waals surface area contributed by atoms with Crippen molar-refractivity contribution < 1.29 is 19.0 Å². The molecule has 0 unspecified atom stereocenters. The molecule has 0 saturated heterocycles. The summed E-state index contributed by atoms with van der Waals surface area (Å²) in [6.07, 6.45) is -2.37. The van der Waals surface area contributed by atoms with Crippen LogP contribution in [0.4, 0.5) is 4.39 Å². The molecule has 0 fully saturated rings. The van der Waals surface area contributed by atoms with E-state index in [2.05, 4.69) is 5.32 Å². The lowest BCUT2D eigenvalue weighted by Gasteiger charge is -2.21. The number of carbonyl (C=O) groups is 1. The Labute approximate surface area is 141 Å². The van der Waals surface area contributed by atoms with Crippen LogP contribution in [0.15, 0.2) is 60.7 Å². The van der Waals surface area contributed by atoms with Crippen LogP contribution in [-0.4, -0.2) is 36.9 Å². The predicted octanol–water partition coefficient (Wildman–Crippen LogP) is 2.43. The van der Waals surface area contributed by atoms with Crippen LogP contribution in [0.1, 0.15) is 17.3 Å². The number of hydrogen-bond donors (Lipinski definition) is 2. The Kier molecular flexibility index (Phi) is 6.90. The Hall–Kier alpha value is -2.24. The lowest BCUT2D eigenvalue weighted by molar-refractivity contribution is -0.143. The number of hydrogen-bond acceptors (Lipinski definition) is 4. The number of aliphatic hydroxyl groups is 1.